The van der Waals surface area contributed by atoms with E-state index in [1.54, 1.807) is 12.4 Å². The Kier molecular flexibility index (Phi) is 3.67. The van der Waals surface area contributed by atoms with E-state index < -0.39 is 11.4 Å². The zero-order valence-corrected chi connectivity index (χ0v) is 11.8. The van der Waals surface area contributed by atoms with Crippen molar-refractivity contribution in [3.05, 3.63) is 24.0 Å². The molecular formula is C15H21NO4. The molecule has 1 aromatic rings. The van der Waals surface area contributed by atoms with Crippen LogP contribution in [-0.4, -0.2) is 35.7 Å². The van der Waals surface area contributed by atoms with Crippen LogP contribution in [0.15, 0.2) is 18.5 Å². The molecule has 5 heteroatoms. The van der Waals surface area contributed by atoms with Crippen molar-refractivity contribution in [1.29, 1.82) is 0 Å². The quantitative estimate of drug-likeness (QED) is 0.916. The Labute approximate surface area is 118 Å². The summed E-state index contributed by atoms with van der Waals surface area (Å²) in [5.74, 6) is 0.240. The van der Waals surface area contributed by atoms with E-state index >= 15 is 0 Å². The third kappa shape index (κ3) is 2.53. The van der Waals surface area contributed by atoms with Gasteiger partial charge in [0.15, 0.2) is 5.79 Å². The topological polar surface area (TPSA) is 60.8 Å². The van der Waals surface area contributed by atoms with Gasteiger partial charge in [-0.2, -0.15) is 0 Å². The smallest absolute Gasteiger partial charge is 0.168 e. The summed E-state index contributed by atoms with van der Waals surface area (Å²) in [5, 5.41) is 10.9. The van der Waals surface area contributed by atoms with E-state index in [9.17, 15) is 5.11 Å². The molecule has 2 aliphatic rings. The maximum atomic E-state index is 10.9. The zero-order valence-electron chi connectivity index (χ0n) is 11.8. The molecule has 0 aromatic carbocycles. The molecule has 1 saturated carbocycles. The van der Waals surface area contributed by atoms with Gasteiger partial charge < -0.3 is 19.3 Å². The van der Waals surface area contributed by atoms with Crippen LogP contribution in [0, 0.1) is 0 Å². The summed E-state index contributed by atoms with van der Waals surface area (Å²) >= 11 is 0. The van der Waals surface area contributed by atoms with Crippen LogP contribution in [0.25, 0.3) is 0 Å². The summed E-state index contributed by atoms with van der Waals surface area (Å²) in [6.45, 7) is 3.83. The van der Waals surface area contributed by atoms with E-state index in [1.165, 1.54) is 0 Å². The summed E-state index contributed by atoms with van der Waals surface area (Å²) < 4.78 is 16.9. The molecule has 0 amide bonds. The molecule has 1 aliphatic heterocycles. The lowest BCUT2D eigenvalue weighted by molar-refractivity contribution is -0.204. The number of aliphatic hydroxyl groups is 1. The molecule has 1 aromatic heterocycles. The number of ether oxygens (including phenoxy) is 3. The second kappa shape index (κ2) is 5.31. The minimum absolute atomic E-state index is 0.461. The molecule has 3 rings (SSSR count). The van der Waals surface area contributed by atoms with Crippen molar-refractivity contribution in [2.45, 2.75) is 44.0 Å². The molecule has 0 atom stereocenters. The Morgan fingerprint density at radius 2 is 1.90 bits per heavy atom. The molecule has 1 aliphatic carbocycles. The van der Waals surface area contributed by atoms with Crippen molar-refractivity contribution in [2.75, 3.05) is 19.8 Å². The monoisotopic (exact) mass is 279 g/mol. The van der Waals surface area contributed by atoms with Crippen LogP contribution in [0.3, 0.4) is 0 Å². The van der Waals surface area contributed by atoms with Crippen molar-refractivity contribution in [3.8, 4) is 5.75 Å². The minimum atomic E-state index is -0.860. The zero-order chi connectivity index (χ0) is 14.1. The number of rotatable bonds is 3. The van der Waals surface area contributed by atoms with Crippen molar-refractivity contribution >= 4 is 0 Å². The fraction of sp³-hybridized carbons (Fsp3) is 0.667. The average molecular weight is 279 g/mol. The highest BCUT2D eigenvalue weighted by Crippen LogP contribution is 2.45. The van der Waals surface area contributed by atoms with Gasteiger partial charge in [-0.15, -0.1) is 0 Å². The van der Waals surface area contributed by atoms with Crippen LogP contribution in [0.1, 0.15) is 38.2 Å². The van der Waals surface area contributed by atoms with Crippen molar-refractivity contribution in [3.63, 3.8) is 0 Å². The first kappa shape index (κ1) is 13.8. The molecule has 1 spiro atoms. The summed E-state index contributed by atoms with van der Waals surface area (Å²) in [6, 6.07) is 1.88. The molecule has 1 saturated heterocycles. The van der Waals surface area contributed by atoms with E-state index in [-0.39, 0.29) is 0 Å². The Bertz CT molecular complexity index is 461. The van der Waals surface area contributed by atoms with Gasteiger partial charge in [0.25, 0.3) is 0 Å². The third-order valence-corrected chi connectivity index (χ3v) is 4.21. The third-order valence-electron chi connectivity index (χ3n) is 4.21. The molecular weight excluding hydrogens is 258 g/mol. The van der Waals surface area contributed by atoms with Crippen LogP contribution >= 0.6 is 0 Å². The van der Waals surface area contributed by atoms with Gasteiger partial charge in [0.2, 0.25) is 0 Å². The fourth-order valence-electron chi connectivity index (χ4n) is 3.04. The van der Waals surface area contributed by atoms with E-state index in [0.717, 1.165) is 5.56 Å². The second-order valence-electron chi connectivity index (χ2n) is 5.48. The summed E-state index contributed by atoms with van der Waals surface area (Å²) in [7, 11) is 0. The Morgan fingerprint density at radius 1 is 1.20 bits per heavy atom. The predicted molar refractivity (Wildman–Crippen MR) is 72.4 cm³/mol. The Balaban J connectivity index is 1.74. The molecule has 5 nitrogen and oxygen atoms in total. The van der Waals surface area contributed by atoms with Gasteiger partial charge in [-0.1, -0.05) is 0 Å². The van der Waals surface area contributed by atoms with Crippen LogP contribution in [-0.2, 0) is 15.1 Å². The van der Waals surface area contributed by atoms with Crippen LogP contribution < -0.4 is 4.74 Å². The first-order valence-corrected chi connectivity index (χ1v) is 7.24. The summed E-state index contributed by atoms with van der Waals surface area (Å²) in [6.07, 6.45) is 6.04. The lowest BCUT2D eigenvalue weighted by Crippen LogP contribution is -2.42. The predicted octanol–water partition coefficient (Wildman–Crippen LogP) is 1.98. The first-order chi connectivity index (χ1) is 9.66. The van der Waals surface area contributed by atoms with Gasteiger partial charge in [-0.25, -0.2) is 0 Å². The first-order valence-electron chi connectivity index (χ1n) is 7.24. The van der Waals surface area contributed by atoms with Crippen molar-refractivity contribution in [1.82, 2.24) is 4.98 Å². The standard InChI is InChI=1S/C15H21NO4/c1-2-18-13-9-12(10-16-11-13)14(17)3-5-15(6-4-14)19-7-8-20-15/h9-11,17H,2-8H2,1H3. The molecule has 0 radical (unpaired) electrons. The van der Waals surface area contributed by atoms with Gasteiger partial charge in [0.1, 0.15) is 5.75 Å². The Morgan fingerprint density at radius 3 is 2.55 bits per heavy atom. The molecule has 0 bridgehead atoms. The number of hydrogen-bond donors (Lipinski definition) is 1. The summed E-state index contributed by atoms with van der Waals surface area (Å²) in [5.41, 5.74) is -0.0444. The number of nitrogens with zero attached hydrogens (tertiary/aromatic N) is 1. The number of pyridine rings is 1. The second-order valence-corrected chi connectivity index (χ2v) is 5.48. The van der Waals surface area contributed by atoms with E-state index in [4.69, 9.17) is 14.2 Å². The van der Waals surface area contributed by atoms with Crippen LogP contribution in [0.4, 0.5) is 0 Å². The van der Waals surface area contributed by atoms with Gasteiger partial charge in [0, 0.05) is 24.6 Å². The van der Waals surface area contributed by atoms with Gasteiger partial charge in [0.05, 0.1) is 31.6 Å². The molecule has 2 heterocycles. The molecule has 2 fully saturated rings. The lowest BCUT2D eigenvalue weighted by Gasteiger charge is -2.40. The van der Waals surface area contributed by atoms with E-state index in [1.807, 2.05) is 13.0 Å². The van der Waals surface area contributed by atoms with E-state index in [0.29, 0.717) is 51.3 Å². The fourth-order valence-corrected chi connectivity index (χ4v) is 3.04. The average Bonchev–Trinajstić information content (AvgIpc) is 2.92. The van der Waals surface area contributed by atoms with Gasteiger partial charge >= 0.3 is 0 Å². The maximum Gasteiger partial charge on any atom is 0.168 e. The van der Waals surface area contributed by atoms with Gasteiger partial charge in [-0.05, 0) is 25.8 Å². The highest BCUT2D eigenvalue weighted by Gasteiger charge is 2.46. The van der Waals surface area contributed by atoms with Crippen LogP contribution in [0.2, 0.25) is 0 Å². The summed E-state index contributed by atoms with van der Waals surface area (Å²) in [4.78, 5) is 4.17. The highest BCUT2D eigenvalue weighted by atomic mass is 16.7. The highest BCUT2D eigenvalue weighted by molar-refractivity contribution is 5.28. The SMILES string of the molecule is CCOc1cncc(C2(O)CCC3(CC2)OCCO3)c1. The minimum Gasteiger partial charge on any atom is -0.492 e. The molecule has 1 N–H and O–H groups in total. The normalized spacial score (nSPS) is 23.9. The van der Waals surface area contributed by atoms with Crippen LogP contribution in [0.5, 0.6) is 5.75 Å². The molecule has 0 unspecified atom stereocenters. The molecule has 110 valence electrons. The van der Waals surface area contributed by atoms with Crippen molar-refractivity contribution < 1.29 is 19.3 Å². The largest absolute Gasteiger partial charge is 0.492 e. The van der Waals surface area contributed by atoms with Crippen molar-refractivity contribution in [2.24, 2.45) is 0 Å². The maximum absolute atomic E-state index is 10.9. The van der Waals surface area contributed by atoms with E-state index in [2.05, 4.69) is 4.98 Å². The van der Waals surface area contributed by atoms with Gasteiger partial charge in [-0.3, -0.25) is 4.98 Å². The Hall–Kier alpha value is -1.17. The number of aromatic nitrogens is 1. The number of hydrogen-bond acceptors (Lipinski definition) is 5. The lowest BCUT2D eigenvalue weighted by atomic mass is 9.77. The molecule has 20 heavy (non-hydrogen) atoms.